The van der Waals surface area contributed by atoms with E-state index in [4.69, 9.17) is 33.2 Å². The van der Waals surface area contributed by atoms with Crippen LogP contribution in [0.25, 0.3) is 12.2 Å². The highest BCUT2D eigenvalue weighted by molar-refractivity contribution is 5.88. The van der Waals surface area contributed by atoms with Crippen LogP contribution < -0.4 is 9.47 Å². The molecule has 0 radical (unpaired) electrons. The summed E-state index contributed by atoms with van der Waals surface area (Å²) in [5, 5.41) is 30.2. The van der Waals surface area contributed by atoms with E-state index in [0.29, 0.717) is 11.1 Å². The van der Waals surface area contributed by atoms with Gasteiger partial charge in [-0.1, -0.05) is 12.1 Å². The number of hydrogen-bond acceptors (Lipinski definition) is 13. The van der Waals surface area contributed by atoms with Gasteiger partial charge in [-0.3, -0.25) is 0 Å². The van der Waals surface area contributed by atoms with E-state index < -0.39 is 61.1 Å². The minimum absolute atomic E-state index is 0.0604. The normalized spacial score (nSPS) is 24.9. The molecular formula is C29H30O13. The Morgan fingerprint density at radius 3 is 2.02 bits per heavy atom. The Hall–Kier alpha value is -4.59. The van der Waals surface area contributed by atoms with Gasteiger partial charge in [-0.2, -0.15) is 0 Å². The molecule has 0 spiro atoms. The molecule has 2 aliphatic rings. The minimum atomic E-state index is -1.98. The Bertz CT molecular complexity index is 1380. The Morgan fingerprint density at radius 2 is 1.48 bits per heavy atom. The van der Waals surface area contributed by atoms with Gasteiger partial charge in [-0.05, 0) is 47.5 Å². The van der Waals surface area contributed by atoms with Crippen LogP contribution in [0.5, 0.6) is 23.0 Å². The van der Waals surface area contributed by atoms with E-state index in [9.17, 15) is 29.7 Å². The zero-order chi connectivity index (χ0) is 30.4. The molecular weight excluding hydrogens is 556 g/mol. The highest BCUT2D eigenvalue weighted by atomic mass is 16.8. The first-order valence-corrected chi connectivity index (χ1v) is 12.7. The Morgan fingerprint density at radius 1 is 0.905 bits per heavy atom. The van der Waals surface area contributed by atoms with Gasteiger partial charge in [0, 0.05) is 18.6 Å². The average molecular weight is 587 g/mol. The van der Waals surface area contributed by atoms with Crippen LogP contribution in [0.1, 0.15) is 17.5 Å². The number of aliphatic hydroxyl groups is 1. The molecule has 2 saturated heterocycles. The van der Waals surface area contributed by atoms with Crippen LogP contribution in [0.2, 0.25) is 0 Å². The number of aliphatic hydroxyl groups excluding tert-OH is 1. The van der Waals surface area contributed by atoms with Crippen molar-refractivity contribution in [1.82, 2.24) is 0 Å². The van der Waals surface area contributed by atoms with Gasteiger partial charge < -0.3 is 48.5 Å². The van der Waals surface area contributed by atoms with E-state index in [1.54, 1.807) is 12.1 Å². The topological polar surface area (TPSA) is 177 Å². The van der Waals surface area contributed by atoms with Gasteiger partial charge in [-0.25, -0.2) is 14.4 Å². The first-order chi connectivity index (χ1) is 20.1. The lowest BCUT2D eigenvalue weighted by molar-refractivity contribution is -0.249. The fraction of sp³-hybridized carbons (Fsp3) is 0.345. The van der Waals surface area contributed by atoms with E-state index in [1.807, 2.05) is 0 Å². The molecule has 0 aromatic heterocycles. The number of hydrogen-bond donors (Lipinski definition) is 3. The largest absolute Gasteiger partial charge is 0.504 e. The number of rotatable bonds is 10. The summed E-state index contributed by atoms with van der Waals surface area (Å²) < 4.78 is 37.2. The number of carbonyl (C=O) groups is 3. The maximum Gasteiger partial charge on any atom is 0.366 e. The summed E-state index contributed by atoms with van der Waals surface area (Å²) in [6, 6.07) is 8.93. The second-order valence-electron chi connectivity index (χ2n) is 9.32. The minimum Gasteiger partial charge on any atom is -0.504 e. The number of fused-ring (bicyclic) bond motifs is 2. The average Bonchev–Trinajstić information content (AvgIpc) is 3.31. The smallest absolute Gasteiger partial charge is 0.366 e. The van der Waals surface area contributed by atoms with E-state index in [1.165, 1.54) is 50.6 Å². The van der Waals surface area contributed by atoms with Crippen LogP contribution in [0.4, 0.5) is 0 Å². The molecule has 3 N–H and O–H groups in total. The Balaban J connectivity index is 1.44. The molecule has 0 aliphatic carbocycles. The fourth-order valence-corrected chi connectivity index (χ4v) is 4.54. The number of methoxy groups -OCH3 is 3. The summed E-state index contributed by atoms with van der Waals surface area (Å²) in [5.41, 5.74) is 1.08. The van der Waals surface area contributed by atoms with Gasteiger partial charge in [0.25, 0.3) is 5.79 Å². The van der Waals surface area contributed by atoms with Crippen LogP contribution in [0, 0.1) is 0 Å². The summed E-state index contributed by atoms with van der Waals surface area (Å²) in [6.07, 6.45) is -0.241. The fourth-order valence-electron chi connectivity index (χ4n) is 4.54. The van der Waals surface area contributed by atoms with Gasteiger partial charge in [0.05, 0.1) is 27.4 Å². The second-order valence-corrected chi connectivity index (χ2v) is 9.32. The molecule has 5 atom stereocenters. The van der Waals surface area contributed by atoms with Gasteiger partial charge >= 0.3 is 17.9 Å². The third-order valence-corrected chi connectivity index (χ3v) is 6.59. The Labute approximate surface area is 240 Å². The lowest BCUT2D eigenvalue weighted by Crippen LogP contribution is -2.55. The predicted molar refractivity (Wildman–Crippen MR) is 143 cm³/mol. The third-order valence-electron chi connectivity index (χ3n) is 6.59. The molecule has 13 heteroatoms. The van der Waals surface area contributed by atoms with Crippen LogP contribution in [-0.2, 0) is 38.1 Å². The molecule has 0 amide bonds. The van der Waals surface area contributed by atoms with Crippen molar-refractivity contribution in [3.05, 3.63) is 59.7 Å². The predicted octanol–water partition coefficient (Wildman–Crippen LogP) is 1.71. The number of aromatic hydroxyl groups is 2. The van der Waals surface area contributed by atoms with Gasteiger partial charge in [0.15, 0.2) is 29.1 Å². The van der Waals surface area contributed by atoms with Crippen molar-refractivity contribution < 1.29 is 62.9 Å². The summed E-state index contributed by atoms with van der Waals surface area (Å²) in [6.45, 7) is -0.407. The summed E-state index contributed by atoms with van der Waals surface area (Å²) >= 11 is 0. The van der Waals surface area contributed by atoms with Crippen LogP contribution in [-0.4, -0.2) is 91.4 Å². The van der Waals surface area contributed by atoms with Crippen LogP contribution in [0.3, 0.4) is 0 Å². The SMILES string of the molecule is COC(=O)[C@]12C[C@@H](O)[C@@H](OC(=O)/C=C/c3ccc(O)c(OC)c3)[C@H](O1)[C@@H](COC(=O)/C=C/c1ccc(O)c(OC)c1)O2. The highest BCUT2D eigenvalue weighted by Crippen LogP contribution is 2.42. The molecule has 224 valence electrons. The van der Waals surface area contributed by atoms with E-state index in [2.05, 4.69) is 0 Å². The molecule has 2 bridgehead atoms. The zero-order valence-electron chi connectivity index (χ0n) is 22.9. The Kier molecular flexibility index (Phi) is 9.35. The number of ether oxygens (including phenoxy) is 7. The van der Waals surface area contributed by atoms with Crippen molar-refractivity contribution in [3.8, 4) is 23.0 Å². The maximum absolute atomic E-state index is 12.6. The second kappa shape index (κ2) is 12.9. The van der Waals surface area contributed by atoms with Crippen molar-refractivity contribution >= 4 is 30.1 Å². The van der Waals surface area contributed by atoms with Crippen molar-refractivity contribution in [2.75, 3.05) is 27.9 Å². The van der Waals surface area contributed by atoms with Gasteiger partial charge in [-0.15, -0.1) is 0 Å². The van der Waals surface area contributed by atoms with Gasteiger partial charge in [0.2, 0.25) is 0 Å². The monoisotopic (exact) mass is 586 g/mol. The number of carbonyl (C=O) groups excluding carboxylic acids is 3. The highest BCUT2D eigenvalue weighted by Gasteiger charge is 2.63. The van der Waals surface area contributed by atoms with Crippen LogP contribution >= 0.6 is 0 Å². The number of phenols is 2. The zero-order valence-corrected chi connectivity index (χ0v) is 22.9. The van der Waals surface area contributed by atoms with Crippen molar-refractivity contribution in [3.63, 3.8) is 0 Å². The molecule has 42 heavy (non-hydrogen) atoms. The third kappa shape index (κ3) is 6.65. The molecule has 4 rings (SSSR count). The molecule has 2 aromatic rings. The first kappa shape index (κ1) is 30.4. The molecule has 2 heterocycles. The van der Waals surface area contributed by atoms with Crippen molar-refractivity contribution in [2.24, 2.45) is 0 Å². The molecule has 2 aliphatic heterocycles. The molecule has 2 fully saturated rings. The first-order valence-electron chi connectivity index (χ1n) is 12.7. The van der Waals surface area contributed by atoms with E-state index in [0.717, 1.165) is 19.3 Å². The van der Waals surface area contributed by atoms with E-state index >= 15 is 0 Å². The molecule has 0 unspecified atom stereocenters. The van der Waals surface area contributed by atoms with Gasteiger partial charge in [0.1, 0.15) is 18.8 Å². The standard InChI is InChI=1S/C29H30O13/c1-36-21-12-16(4-8-18(21)30)6-10-24(33)39-15-23-27-26(20(32)14-29(41-23,42-27)28(35)38-3)40-25(34)11-7-17-5-9-19(31)22(13-17)37-2/h4-13,20,23,26-27,30-32H,14-15H2,1-3H3/b10-6+,11-7+/t20-,23-,26-,27-,29+/m1/s1. The molecule has 2 aromatic carbocycles. The number of benzene rings is 2. The number of esters is 3. The summed E-state index contributed by atoms with van der Waals surface area (Å²) in [5.74, 6) is -4.19. The van der Waals surface area contributed by atoms with Crippen molar-refractivity contribution in [1.29, 1.82) is 0 Å². The van der Waals surface area contributed by atoms with Crippen LogP contribution in [0.15, 0.2) is 48.6 Å². The lowest BCUT2D eigenvalue weighted by Gasteiger charge is -2.36. The quantitative estimate of drug-likeness (QED) is 0.209. The lowest BCUT2D eigenvalue weighted by atomic mass is 9.95. The van der Waals surface area contributed by atoms with E-state index in [-0.39, 0.29) is 23.0 Å². The number of phenolic OH excluding ortho intramolecular Hbond substituents is 2. The molecule has 13 nitrogen and oxygen atoms in total. The van der Waals surface area contributed by atoms with Crippen molar-refractivity contribution in [2.45, 2.75) is 36.6 Å². The summed E-state index contributed by atoms with van der Waals surface area (Å²) in [4.78, 5) is 37.6. The maximum atomic E-state index is 12.6. The molecule has 0 saturated carbocycles. The summed E-state index contributed by atoms with van der Waals surface area (Å²) in [7, 11) is 3.90.